The molecule has 0 aliphatic rings. The van der Waals surface area contributed by atoms with Crippen molar-refractivity contribution in [2.45, 2.75) is 19.3 Å². The highest BCUT2D eigenvalue weighted by atomic mass is 14.5. The lowest BCUT2D eigenvalue weighted by Crippen LogP contribution is -1.94. The minimum atomic E-state index is 0.288. The van der Waals surface area contributed by atoms with Gasteiger partial charge in [-0.1, -0.05) is 43.2 Å². The van der Waals surface area contributed by atoms with Crippen molar-refractivity contribution in [1.29, 1.82) is 0 Å². The first kappa shape index (κ1) is 8.67. The largest absolute Gasteiger partial charge is 0.359 e. The fraction of sp³-hybridized carbons (Fsp3) is 0.273. The fourth-order valence-corrected chi connectivity index (χ4v) is 1.21. The Labute approximate surface area is 73.6 Å². The standard InChI is InChI=1S/C11H13N/c1-2-10(8-9-12)11-6-4-3-5-7-11/h3-7,10H,2,12H2,1H3. The Balaban J connectivity index is 2.85. The maximum absolute atomic E-state index is 5.18. The minimum absolute atomic E-state index is 0.288. The second-order valence-electron chi connectivity index (χ2n) is 2.66. The van der Waals surface area contributed by atoms with E-state index in [1.54, 1.807) is 0 Å². The molecule has 0 amide bonds. The van der Waals surface area contributed by atoms with Crippen LogP contribution in [0, 0.1) is 12.0 Å². The van der Waals surface area contributed by atoms with E-state index in [2.05, 4.69) is 31.0 Å². The minimum Gasteiger partial charge on any atom is -0.359 e. The van der Waals surface area contributed by atoms with E-state index in [1.165, 1.54) is 5.56 Å². The zero-order chi connectivity index (χ0) is 8.81. The lowest BCUT2D eigenvalue weighted by atomic mass is 9.98. The highest BCUT2D eigenvalue weighted by Crippen LogP contribution is 2.17. The van der Waals surface area contributed by atoms with Crippen molar-refractivity contribution in [3.05, 3.63) is 35.9 Å². The second-order valence-corrected chi connectivity index (χ2v) is 2.66. The van der Waals surface area contributed by atoms with Gasteiger partial charge in [0, 0.05) is 12.0 Å². The Bertz CT molecular complexity index is 279. The van der Waals surface area contributed by atoms with Gasteiger partial charge in [-0.3, -0.25) is 0 Å². The van der Waals surface area contributed by atoms with Crippen LogP contribution in [-0.2, 0) is 0 Å². The normalized spacial score (nSPS) is 11.4. The average molecular weight is 159 g/mol. The summed E-state index contributed by atoms with van der Waals surface area (Å²) in [6, 6.07) is 12.7. The first-order valence-electron chi connectivity index (χ1n) is 4.14. The Hall–Kier alpha value is -1.42. The number of hydrogen-bond acceptors (Lipinski definition) is 1. The average Bonchev–Trinajstić information content (AvgIpc) is 2.15. The van der Waals surface area contributed by atoms with Gasteiger partial charge in [-0.15, -0.1) is 0 Å². The monoisotopic (exact) mass is 159 g/mol. The van der Waals surface area contributed by atoms with Gasteiger partial charge in [-0.2, -0.15) is 0 Å². The van der Waals surface area contributed by atoms with Gasteiger partial charge in [-0.05, 0) is 12.0 Å². The van der Waals surface area contributed by atoms with Crippen molar-refractivity contribution in [2.75, 3.05) is 0 Å². The summed E-state index contributed by atoms with van der Waals surface area (Å²) in [6.45, 7) is 2.11. The van der Waals surface area contributed by atoms with E-state index >= 15 is 0 Å². The molecular weight excluding hydrogens is 146 g/mol. The Kier molecular flexibility index (Phi) is 3.22. The molecule has 0 saturated heterocycles. The van der Waals surface area contributed by atoms with Crippen molar-refractivity contribution in [1.82, 2.24) is 0 Å². The molecule has 0 aliphatic heterocycles. The van der Waals surface area contributed by atoms with Gasteiger partial charge in [0.2, 0.25) is 0 Å². The predicted octanol–water partition coefficient (Wildman–Crippen LogP) is 2.10. The van der Waals surface area contributed by atoms with Crippen LogP contribution >= 0.6 is 0 Å². The molecule has 1 atom stereocenters. The molecular formula is C11H13N. The summed E-state index contributed by atoms with van der Waals surface area (Å²) < 4.78 is 0. The van der Waals surface area contributed by atoms with E-state index in [-0.39, 0.29) is 5.92 Å². The van der Waals surface area contributed by atoms with Crippen molar-refractivity contribution in [3.8, 4) is 12.0 Å². The first-order valence-corrected chi connectivity index (χ1v) is 4.14. The molecule has 0 fully saturated rings. The van der Waals surface area contributed by atoms with Gasteiger partial charge < -0.3 is 5.73 Å². The van der Waals surface area contributed by atoms with Crippen LogP contribution in [0.3, 0.4) is 0 Å². The SMILES string of the molecule is CCC(C#CN)c1ccccc1. The molecule has 62 valence electrons. The smallest absolute Gasteiger partial charge is 0.0467 e. The maximum atomic E-state index is 5.18. The lowest BCUT2D eigenvalue weighted by Gasteiger charge is -2.06. The first-order chi connectivity index (χ1) is 5.88. The summed E-state index contributed by atoms with van der Waals surface area (Å²) in [5.41, 5.74) is 6.43. The van der Waals surface area contributed by atoms with Crippen LogP contribution < -0.4 is 5.73 Å². The summed E-state index contributed by atoms with van der Waals surface area (Å²) >= 11 is 0. The van der Waals surface area contributed by atoms with E-state index in [4.69, 9.17) is 5.73 Å². The summed E-state index contributed by atoms with van der Waals surface area (Å²) in [5.74, 6) is 3.26. The number of benzene rings is 1. The molecule has 12 heavy (non-hydrogen) atoms. The summed E-state index contributed by atoms with van der Waals surface area (Å²) in [4.78, 5) is 0. The van der Waals surface area contributed by atoms with Gasteiger partial charge in [0.15, 0.2) is 0 Å². The molecule has 2 N–H and O–H groups in total. The predicted molar refractivity (Wildman–Crippen MR) is 51.4 cm³/mol. The van der Waals surface area contributed by atoms with Crippen LogP contribution in [0.5, 0.6) is 0 Å². The Morgan fingerprint density at radius 2 is 2.00 bits per heavy atom. The molecule has 0 heterocycles. The molecule has 0 aliphatic carbocycles. The highest BCUT2D eigenvalue weighted by molar-refractivity contribution is 5.26. The molecule has 1 aromatic rings. The molecule has 1 unspecified atom stereocenters. The molecule has 0 spiro atoms. The van der Waals surface area contributed by atoms with E-state index in [0.717, 1.165) is 6.42 Å². The van der Waals surface area contributed by atoms with E-state index < -0.39 is 0 Å². The molecule has 0 radical (unpaired) electrons. The third kappa shape index (κ3) is 2.03. The van der Waals surface area contributed by atoms with Crippen molar-refractivity contribution < 1.29 is 0 Å². The van der Waals surface area contributed by atoms with E-state index in [9.17, 15) is 0 Å². The highest BCUT2D eigenvalue weighted by Gasteiger charge is 2.03. The van der Waals surface area contributed by atoms with Gasteiger partial charge in [0.25, 0.3) is 0 Å². The van der Waals surface area contributed by atoms with Crippen LogP contribution in [0.1, 0.15) is 24.8 Å². The van der Waals surface area contributed by atoms with Crippen LogP contribution in [0.2, 0.25) is 0 Å². The Morgan fingerprint density at radius 1 is 1.33 bits per heavy atom. The second kappa shape index (κ2) is 4.46. The third-order valence-electron chi connectivity index (χ3n) is 1.87. The molecule has 1 nitrogen and oxygen atoms in total. The lowest BCUT2D eigenvalue weighted by molar-refractivity contribution is 0.829. The van der Waals surface area contributed by atoms with Crippen molar-refractivity contribution in [3.63, 3.8) is 0 Å². The molecule has 1 rings (SSSR count). The number of nitrogens with two attached hydrogens (primary N) is 1. The zero-order valence-electron chi connectivity index (χ0n) is 7.25. The molecule has 1 heteroatoms. The van der Waals surface area contributed by atoms with Crippen LogP contribution in [0.4, 0.5) is 0 Å². The van der Waals surface area contributed by atoms with Gasteiger partial charge >= 0.3 is 0 Å². The number of rotatable bonds is 2. The zero-order valence-corrected chi connectivity index (χ0v) is 7.25. The van der Waals surface area contributed by atoms with Gasteiger partial charge in [-0.25, -0.2) is 0 Å². The summed E-state index contributed by atoms with van der Waals surface area (Å²) in [6.07, 6.45) is 1.01. The van der Waals surface area contributed by atoms with Crippen molar-refractivity contribution >= 4 is 0 Å². The van der Waals surface area contributed by atoms with Crippen LogP contribution in [0.25, 0.3) is 0 Å². The number of hydrogen-bond donors (Lipinski definition) is 1. The van der Waals surface area contributed by atoms with Gasteiger partial charge in [0.05, 0.1) is 0 Å². The quantitative estimate of drug-likeness (QED) is 0.519. The summed E-state index contributed by atoms with van der Waals surface area (Å²) in [5, 5.41) is 0. The Morgan fingerprint density at radius 3 is 2.50 bits per heavy atom. The molecule has 1 aromatic carbocycles. The maximum Gasteiger partial charge on any atom is 0.0467 e. The van der Waals surface area contributed by atoms with Crippen LogP contribution in [-0.4, -0.2) is 0 Å². The molecule has 0 bridgehead atoms. The topological polar surface area (TPSA) is 26.0 Å². The molecule has 0 aromatic heterocycles. The van der Waals surface area contributed by atoms with E-state index in [1.807, 2.05) is 18.2 Å². The van der Waals surface area contributed by atoms with Crippen LogP contribution in [0.15, 0.2) is 30.3 Å². The van der Waals surface area contributed by atoms with E-state index in [0.29, 0.717) is 0 Å². The summed E-state index contributed by atoms with van der Waals surface area (Å²) in [7, 11) is 0. The van der Waals surface area contributed by atoms with Crippen molar-refractivity contribution in [2.24, 2.45) is 5.73 Å². The fourth-order valence-electron chi connectivity index (χ4n) is 1.21. The third-order valence-corrected chi connectivity index (χ3v) is 1.87. The molecule has 0 saturated carbocycles. The van der Waals surface area contributed by atoms with Gasteiger partial charge in [0.1, 0.15) is 0 Å².